The lowest BCUT2D eigenvalue weighted by molar-refractivity contribution is 0.418. The van der Waals surface area contributed by atoms with E-state index in [2.05, 4.69) is 34.0 Å². The SMILES string of the molecule is CC(C)CNCC1CCCCN1c1ncccn1. The van der Waals surface area contributed by atoms with Gasteiger partial charge in [0.2, 0.25) is 5.95 Å². The van der Waals surface area contributed by atoms with Crippen molar-refractivity contribution in [2.45, 2.75) is 39.2 Å². The summed E-state index contributed by atoms with van der Waals surface area (Å²) in [4.78, 5) is 11.1. The van der Waals surface area contributed by atoms with Gasteiger partial charge in [-0.25, -0.2) is 9.97 Å². The van der Waals surface area contributed by atoms with Crippen LogP contribution in [0, 0.1) is 5.92 Å². The van der Waals surface area contributed by atoms with E-state index in [0.717, 1.165) is 25.6 Å². The minimum Gasteiger partial charge on any atom is -0.337 e. The molecule has 4 heteroatoms. The Bertz CT molecular complexity index is 339. The zero-order valence-electron chi connectivity index (χ0n) is 11.5. The minimum atomic E-state index is 0.542. The number of hydrogen-bond donors (Lipinski definition) is 1. The summed E-state index contributed by atoms with van der Waals surface area (Å²) in [5.74, 6) is 1.59. The second kappa shape index (κ2) is 6.69. The van der Waals surface area contributed by atoms with Gasteiger partial charge in [-0.05, 0) is 37.8 Å². The first kappa shape index (κ1) is 13.3. The van der Waals surface area contributed by atoms with Gasteiger partial charge in [-0.2, -0.15) is 0 Å². The maximum atomic E-state index is 4.38. The lowest BCUT2D eigenvalue weighted by Gasteiger charge is -2.36. The van der Waals surface area contributed by atoms with Crippen LogP contribution in [0.1, 0.15) is 33.1 Å². The largest absolute Gasteiger partial charge is 0.337 e. The molecule has 0 spiro atoms. The summed E-state index contributed by atoms with van der Waals surface area (Å²) in [5, 5.41) is 3.56. The van der Waals surface area contributed by atoms with E-state index in [-0.39, 0.29) is 0 Å². The molecule has 4 nitrogen and oxygen atoms in total. The highest BCUT2D eigenvalue weighted by Crippen LogP contribution is 2.20. The van der Waals surface area contributed by atoms with E-state index in [1.165, 1.54) is 19.3 Å². The second-order valence-corrected chi connectivity index (χ2v) is 5.44. The van der Waals surface area contributed by atoms with Gasteiger partial charge in [0.15, 0.2) is 0 Å². The highest BCUT2D eigenvalue weighted by molar-refractivity contribution is 5.31. The van der Waals surface area contributed by atoms with Gasteiger partial charge < -0.3 is 10.2 Å². The molecule has 0 amide bonds. The van der Waals surface area contributed by atoms with Gasteiger partial charge in [0, 0.05) is 31.5 Å². The lowest BCUT2D eigenvalue weighted by atomic mass is 10.0. The van der Waals surface area contributed by atoms with Crippen LogP contribution in [0.15, 0.2) is 18.5 Å². The monoisotopic (exact) mass is 248 g/mol. The van der Waals surface area contributed by atoms with E-state index in [0.29, 0.717) is 12.0 Å². The molecule has 0 bridgehead atoms. The quantitative estimate of drug-likeness (QED) is 0.866. The van der Waals surface area contributed by atoms with E-state index in [4.69, 9.17) is 0 Å². The Morgan fingerprint density at radius 3 is 2.83 bits per heavy atom. The van der Waals surface area contributed by atoms with Crippen molar-refractivity contribution < 1.29 is 0 Å². The average molecular weight is 248 g/mol. The summed E-state index contributed by atoms with van der Waals surface area (Å²) in [6.07, 6.45) is 7.46. The topological polar surface area (TPSA) is 41.0 Å². The molecule has 2 heterocycles. The average Bonchev–Trinajstić information content (AvgIpc) is 2.40. The van der Waals surface area contributed by atoms with Crippen molar-refractivity contribution in [2.24, 2.45) is 5.92 Å². The number of nitrogens with one attached hydrogen (secondary N) is 1. The zero-order chi connectivity index (χ0) is 12.8. The second-order valence-electron chi connectivity index (χ2n) is 5.44. The van der Waals surface area contributed by atoms with Crippen LogP contribution in [-0.4, -0.2) is 35.6 Å². The van der Waals surface area contributed by atoms with Gasteiger partial charge in [-0.1, -0.05) is 13.8 Å². The molecule has 1 aliphatic rings. The maximum Gasteiger partial charge on any atom is 0.225 e. The first-order chi connectivity index (χ1) is 8.77. The van der Waals surface area contributed by atoms with Crippen LogP contribution in [0.5, 0.6) is 0 Å². The molecule has 1 aromatic rings. The third kappa shape index (κ3) is 3.67. The molecule has 1 aromatic heterocycles. The lowest BCUT2D eigenvalue weighted by Crippen LogP contribution is -2.46. The van der Waals surface area contributed by atoms with Crippen molar-refractivity contribution in [3.05, 3.63) is 18.5 Å². The summed E-state index contributed by atoms with van der Waals surface area (Å²) < 4.78 is 0. The molecule has 100 valence electrons. The maximum absolute atomic E-state index is 4.38. The Morgan fingerprint density at radius 2 is 2.11 bits per heavy atom. The van der Waals surface area contributed by atoms with E-state index in [1.807, 2.05) is 18.5 Å². The van der Waals surface area contributed by atoms with E-state index < -0.39 is 0 Å². The number of nitrogens with zero attached hydrogens (tertiary/aromatic N) is 3. The summed E-state index contributed by atoms with van der Waals surface area (Å²) in [7, 11) is 0. The van der Waals surface area contributed by atoms with Crippen LogP contribution in [-0.2, 0) is 0 Å². The Kier molecular flexibility index (Phi) is 4.93. The molecule has 18 heavy (non-hydrogen) atoms. The van der Waals surface area contributed by atoms with Crippen LogP contribution in [0.4, 0.5) is 5.95 Å². The van der Waals surface area contributed by atoms with Gasteiger partial charge in [0.05, 0.1) is 0 Å². The van der Waals surface area contributed by atoms with E-state index >= 15 is 0 Å². The van der Waals surface area contributed by atoms with Gasteiger partial charge in [-0.3, -0.25) is 0 Å². The van der Waals surface area contributed by atoms with Crippen LogP contribution in [0.2, 0.25) is 0 Å². The zero-order valence-corrected chi connectivity index (χ0v) is 11.5. The highest BCUT2D eigenvalue weighted by atomic mass is 15.3. The molecule has 0 saturated carbocycles. The van der Waals surface area contributed by atoms with Gasteiger partial charge in [0.25, 0.3) is 0 Å². The molecule has 0 radical (unpaired) electrons. The normalized spacial score (nSPS) is 20.4. The van der Waals surface area contributed by atoms with Crippen molar-refractivity contribution in [3.8, 4) is 0 Å². The Balaban J connectivity index is 1.94. The molecule has 1 saturated heterocycles. The summed E-state index contributed by atoms with van der Waals surface area (Å²) in [6, 6.07) is 2.42. The number of hydrogen-bond acceptors (Lipinski definition) is 4. The van der Waals surface area contributed by atoms with Crippen molar-refractivity contribution in [3.63, 3.8) is 0 Å². The standard InChI is InChI=1S/C14H24N4/c1-12(2)10-15-11-13-6-3-4-9-18(13)14-16-7-5-8-17-14/h5,7-8,12-13,15H,3-4,6,9-11H2,1-2H3. The van der Waals surface area contributed by atoms with Crippen LogP contribution in [0.25, 0.3) is 0 Å². The summed E-state index contributed by atoms with van der Waals surface area (Å²) in [6.45, 7) is 7.69. The fraction of sp³-hybridized carbons (Fsp3) is 0.714. The molecule has 2 rings (SSSR count). The molecule has 1 unspecified atom stereocenters. The fourth-order valence-electron chi connectivity index (χ4n) is 2.45. The van der Waals surface area contributed by atoms with E-state index in [1.54, 1.807) is 0 Å². The molecule has 1 atom stereocenters. The van der Waals surface area contributed by atoms with E-state index in [9.17, 15) is 0 Å². The summed E-state index contributed by atoms with van der Waals surface area (Å²) in [5.41, 5.74) is 0. The molecule has 1 fully saturated rings. The first-order valence-electron chi connectivity index (χ1n) is 7.01. The number of rotatable bonds is 5. The number of anilines is 1. The summed E-state index contributed by atoms with van der Waals surface area (Å²) >= 11 is 0. The van der Waals surface area contributed by atoms with Crippen molar-refractivity contribution >= 4 is 5.95 Å². The third-order valence-corrected chi connectivity index (χ3v) is 3.37. The van der Waals surface area contributed by atoms with Crippen molar-refractivity contribution in [2.75, 3.05) is 24.5 Å². The van der Waals surface area contributed by atoms with Crippen LogP contribution < -0.4 is 10.2 Å². The first-order valence-corrected chi connectivity index (χ1v) is 7.01. The predicted molar refractivity (Wildman–Crippen MR) is 74.7 cm³/mol. The Labute approximate surface area is 110 Å². The minimum absolute atomic E-state index is 0.542. The highest BCUT2D eigenvalue weighted by Gasteiger charge is 2.23. The Morgan fingerprint density at radius 1 is 1.33 bits per heavy atom. The number of aromatic nitrogens is 2. The van der Waals surface area contributed by atoms with Crippen molar-refractivity contribution in [1.82, 2.24) is 15.3 Å². The van der Waals surface area contributed by atoms with Gasteiger partial charge in [0.1, 0.15) is 0 Å². The predicted octanol–water partition coefficient (Wildman–Crippen LogP) is 2.08. The number of piperidine rings is 1. The van der Waals surface area contributed by atoms with Gasteiger partial charge >= 0.3 is 0 Å². The smallest absolute Gasteiger partial charge is 0.225 e. The molecule has 1 aliphatic heterocycles. The Hall–Kier alpha value is -1.16. The molecular formula is C14H24N4. The molecule has 1 N–H and O–H groups in total. The molecular weight excluding hydrogens is 224 g/mol. The fourth-order valence-corrected chi connectivity index (χ4v) is 2.45. The van der Waals surface area contributed by atoms with Gasteiger partial charge in [-0.15, -0.1) is 0 Å². The van der Waals surface area contributed by atoms with Crippen molar-refractivity contribution in [1.29, 1.82) is 0 Å². The van der Waals surface area contributed by atoms with Crippen LogP contribution >= 0.6 is 0 Å². The molecule has 0 aliphatic carbocycles. The van der Waals surface area contributed by atoms with Crippen LogP contribution in [0.3, 0.4) is 0 Å². The molecule has 0 aromatic carbocycles. The third-order valence-electron chi connectivity index (χ3n) is 3.37.